The molecule has 2 aromatic rings. The molecule has 18 heavy (non-hydrogen) atoms. The van der Waals surface area contributed by atoms with E-state index in [-0.39, 0.29) is 0 Å². The average molecular weight is 373 g/mol. The molecular formula is C13H15Br2N3. The van der Waals surface area contributed by atoms with Crippen molar-refractivity contribution in [2.45, 2.75) is 32.1 Å². The van der Waals surface area contributed by atoms with Gasteiger partial charge in [0.15, 0.2) is 5.82 Å². The summed E-state index contributed by atoms with van der Waals surface area (Å²) in [4.78, 5) is 0. The molecule has 1 aromatic heterocycles. The van der Waals surface area contributed by atoms with E-state index in [0.717, 1.165) is 40.0 Å². The molecule has 0 unspecified atom stereocenters. The molecule has 96 valence electrons. The Bertz CT molecular complexity index is 529. The Kier molecular flexibility index (Phi) is 4.56. The van der Waals surface area contributed by atoms with Crippen LogP contribution in [0.15, 0.2) is 22.7 Å². The van der Waals surface area contributed by atoms with Crippen LogP contribution in [0.4, 0.5) is 0 Å². The fourth-order valence-corrected chi connectivity index (χ4v) is 2.99. The van der Waals surface area contributed by atoms with Crippen LogP contribution in [0, 0.1) is 6.92 Å². The fraction of sp³-hybridized carbons (Fsp3) is 0.385. The second-order valence-corrected chi connectivity index (χ2v) is 5.72. The third-order valence-corrected chi connectivity index (χ3v) is 3.65. The van der Waals surface area contributed by atoms with Gasteiger partial charge in [0.05, 0.1) is 5.33 Å². The Balaban J connectivity index is 2.52. The van der Waals surface area contributed by atoms with Crippen LogP contribution in [0.1, 0.15) is 24.7 Å². The summed E-state index contributed by atoms with van der Waals surface area (Å²) in [5, 5.41) is 9.29. The molecule has 0 bridgehead atoms. The van der Waals surface area contributed by atoms with E-state index in [4.69, 9.17) is 0 Å². The maximum atomic E-state index is 4.32. The molecule has 2 rings (SSSR count). The van der Waals surface area contributed by atoms with Gasteiger partial charge in [0, 0.05) is 16.6 Å². The summed E-state index contributed by atoms with van der Waals surface area (Å²) < 4.78 is 3.25. The van der Waals surface area contributed by atoms with Crippen LogP contribution in [0.5, 0.6) is 0 Å². The van der Waals surface area contributed by atoms with Gasteiger partial charge in [0.1, 0.15) is 5.82 Å². The molecule has 0 fully saturated rings. The van der Waals surface area contributed by atoms with E-state index in [1.807, 2.05) is 0 Å². The van der Waals surface area contributed by atoms with Crippen LogP contribution in [0.3, 0.4) is 0 Å². The van der Waals surface area contributed by atoms with Crippen LogP contribution in [-0.2, 0) is 11.9 Å². The van der Waals surface area contributed by atoms with Crippen LogP contribution in [-0.4, -0.2) is 14.8 Å². The number of alkyl halides is 1. The van der Waals surface area contributed by atoms with Gasteiger partial charge in [0.25, 0.3) is 0 Å². The summed E-state index contributed by atoms with van der Waals surface area (Å²) >= 11 is 6.99. The molecule has 0 aliphatic rings. The van der Waals surface area contributed by atoms with Gasteiger partial charge < -0.3 is 4.57 Å². The molecule has 1 heterocycles. The molecule has 0 spiro atoms. The number of benzene rings is 1. The molecule has 5 heteroatoms. The van der Waals surface area contributed by atoms with Crippen LogP contribution in [0.25, 0.3) is 11.4 Å². The molecule has 0 aliphatic carbocycles. The minimum absolute atomic E-state index is 0.729. The molecule has 0 amide bonds. The number of aryl methyl sites for hydroxylation is 1. The fourth-order valence-electron chi connectivity index (χ4n) is 1.97. The molecule has 0 saturated carbocycles. The normalized spacial score (nSPS) is 10.9. The highest BCUT2D eigenvalue weighted by molar-refractivity contribution is 9.10. The Morgan fingerprint density at radius 3 is 2.61 bits per heavy atom. The quantitative estimate of drug-likeness (QED) is 0.748. The number of rotatable bonds is 4. The van der Waals surface area contributed by atoms with Gasteiger partial charge in [-0.05, 0) is 37.1 Å². The van der Waals surface area contributed by atoms with Crippen molar-refractivity contribution in [1.29, 1.82) is 0 Å². The first-order valence-corrected chi connectivity index (χ1v) is 7.82. The molecular weight excluding hydrogens is 358 g/mol. The summed E-state index contributed by atoms with van der Waals surface area (Å²) in [6.07, 6.45) is 1.07. The van der Waals surface area contributed by atoms with E-state index in [9.17, 15) is 0 Å². The van der Waals surface area contributed by atoms with Crippen molar-refractivity contribution in [3.63, 3.8) is 0 Å². The monoisotopic (exact) mass is 371 g/mol. The highest BCUT2D eigenvalue weighted by Gasteiger charge is 2.12. The maximum absolute atomic E-state index is 4.32. The summed E-state index contributed by atoms with van der Waals surface area (Å²) in [5.41, 5.74) is 2.32. The smallest absolute Gasteiger partial charge is 0.164 e. The third-order valence-electron chi connectivity index (χ3n) is 2.69. The number of aromatic nitrogens is 3. The Morgan fingerprint density at radius 1 is 1.22 bits per heavy atom. The number of hydrogen-bond donors (Lipinski definition) is 0. The van der Waals surface area contributed by atoms with Gasteiger partial charge in [-0.1, -0.05) is 38.8 Å². The highest BCUT2D eigenvalue weighted by Crippen LogP contribution is 2.25. The van der Waals surface area contributed by atoms with Crippen LogP contribution >= 0.6 is 31.9 Å². The first-order valence-electron chi connectivity index (χ1n) is 5.91. The van der Waals surface area contributed by atoms with E-state index in [1.165, 1.54) is 5.56 Å². The summed E-state index contributed by atoms with van der Waals surface area (Å²) in [6, 6.07) is 6.32. The summed E-state index contributed by atoms with van der Waals surface area (Å²) in [5.74, 6) is 1.92. The molecule has 0 saturated heterocycles. The summed E-state index contributed by atoms with van der Waals surface area (Å²) in [7, 11) is 0. The third kappa shape index (κ3) is 2.83. The SMILES string of the molecule is CCCn1c(CBr)nnc1-c1cc(C)cc(Br)c1. The van der Waals surface area contributed by atoms with Crippen LogP contribution < -0.4 is 0 Å². The summed E-state index contributed by atoms with van der Waals surface area (Å²) in [6.45, 7) is 5.18. The molecule has 3 nitrogen and oxygen atoms in total. The van der Waals surface area contributed by atoms with Crippen LogP contribution in [0.2, 0.25) is 0 Å². The molecule has 0 aliphatic heterocycles. The minimum Gasteiger partial charge on any atom is -0.310 e. The standard InChI is InChI=1S/C13H15Br2N3/c1-3-4-18-12(8-14)16-17-13(18)10-5-9(2)6-11(15)7-10/h5-7H,3-4,8H2,1-2H3. The van der Waals surface area contributed by atoms with Crippen molar-refractivity contribution in [1.82, 2.24) is 14.8 Å². The van der Waals surface area contributed by atoms with Gasteiger partial charge in [-0.2, -0.15) is 0 Å². The molecule has 0 atom stereocenters. The van der Waals surface area contributed by atoms with E-state index in [1.54, 1.807) is 0 Å². The van der Waals surface area contributed by atoms with Gasteiger partial charge in [-0.15, -0.1) is 10.2 Å². The largest absolute Gasteiger partial charge is 0.310 e. The molecule has 0 N–H and O–H groups in total. The van der Waals surface area contributed by atoms with E-state index in [0.29, 0.717) is 0 Å². The van der Waals surface area contributed by atoms with Crippen molar-refractivity contribution in [2.75, 3.05) is 0 Å². The lowest BCUT2D eigenvalue weighted by Gasteiger charge is -2.08. The van der Waals surface area contributed by atoms with E-state index < -0.39 is 0 Å². The Hall–Kier alpha value is -0.680. The zero-order valence-electron chi connectivity index (χ0n) is 10.5. The first kappa shape index (κ1) is 13.7. The predicted octanol–water partition coefficient (Wildman–Crippen LogP) is 4.32. The number of nitrogens with zero attached hydrogens (tertiary/aromatic N) is 3. The number of hydrogen-bond acceptors (Lipinski definition) is 2. The average Bonchev–Trinajstić information content (AvgIpc) is 2.71. The van der Waals surface area contributed by atoms with Crippen molar-refractivity contribution >= 4 is 31.9 Å². The lowest BCUT2D eigenvalue weighted by Crippen LogP contribution is -2.03. The van der Waals surface area contributed by atoms with Crippen molar-refractivity contribution in [2.24, 2.45) is 0 Å². The second kappa shape index (κ2) is 5.97. The lowest BCUT2D eigenvalue weighted by molar-refractivity contribution is 0.661. The first-order chi connectivity index (χ1) is 8.65. The predicted molar refractivity (Wildman–Crippen MR) is 80.8 cm³/mol. The van der Waals surface area contributed by atoms with Crippen molar-refractivity contribution in [3.8, 4) is 11.4 Å². The second-order valence-electron chi connectivity index (χ2n) is 4.24. The lowest BCUT2D eigenvalue weighted by atomic mass is 10.1. The van der Waals surface area contributed by atoms with Gasteiger partial charge in [0.2, 0.25) is 0 Å². The zero-order chi connectivity index (χ0) is 13.1. The van der Waals surface area contributed by atoms with E-state index >= 15 is 0 Å². The Morgan fingerprint density at radius 2 is 2.00 bits per heavy atom. The van der Waals surface area contributed by atoms with E-state index in [2.05, 4.69) is 78.7 Å². The Labute approximate surface area is 124 Å². The van der Waals surface area contributed by atoms with Crippen molar-refractivity contribution in [3.05, 3.63) is 34.1 Å². The van der Waals surface area contributed by atoms with Gasteiger partial charge in [-0.3, -0.25) is 0 Å². The maximum Gasteiger partial charge on any atom is 0.164 e. The molecule has 1 aromatic carbocycles. The van der Waals surface area contributed by atoms with Gasteiger partial charge in [-0.25, -0.2) is 0 Å². The number of halogens is 2. The van der Waals surface area contributed by atoms with Gasteiger partial charge >= 0.3 is 0 Å². The molecule has 0 radical (unpaired) electrons. The highest BCUT2D eigenvalue weighted by atomic mass is 79.9. The minimum atomic E-state index is 0.729. The zero-order valence-corrected chi connectivity index (χ0v) is 13.6. The van der Waals surface area contributed by atoms with Crippen molar-refractivity contribution < 1.29 is 0 Å². The topological polar surface area (TPSA) is 30.7 Å².